The number of likely N-dealkylation sites (tertiary alicyclic amines) is 1. The van der Waals surface area contributed by atoms with Crippen LogP contribution in [0.15, 0.2) is 4.52 Å². The van der Waals surface area contributed by atoms with Crippen molar-refractivity contribution in [2.75, 3.05) is 13.1 Å². The summed E-state index contributed by atoms with van der Waals surface area (Å²) in [5, 5.41) is 6.56. The summed E-state index contributed by atoms with van der Waals surface area (Å²) in [6.07, 6.45) is 8.37. The van der Waals surface area contributed by atoms with Gasteiger partial charge in [0.25, 0.3) is 0 Å². The summed E-state index contributed by atoms with van der Waals surface area (Å²) in [5.41, 5.74) is 0. The maximum atomic E-state index is 12.5. The van der Waals surface area contributed by atoms with Crippen molar-refractivity contribution in [2.24, 2.45) is 11.8 Å². The Morgan fingerprint density at radius 2 is 1.88 bits per heavy atom. The van der Waals surface area contributed by atoms with Crippen LogP contribution in [0.2, 0.25) is 0 Å². The van der Waals surface area contributed by atoms with Gasteiger partial charge in [0, 0.05) is 25.4 Å². The van der Waals surface area contributed by atoms with Gasteiger partial charge in [0.05, 0.1) is 6.54 Å². The number of nitrogens with zero attached hydrogens (tertiary/aromatic N) is 3. The third-order valence-corrected chi connectivity index (χ3v) is 5.39. The second-order valence-corrected chi connectivity index (χ2v) is 7.32. The highest BCUT2D eigenvalue weighted by atomic mass is 16.5. The molecular weight excluding hydrogens is 320 g/mol. The zero-order chi connectivity index (χ0) is 17.6. The van der Waals surface area contributed by atoms with Crippen LogP contribution >= 0.6 is 0 Å². The molecule has 0 radical (unpaired) electrons. The molecule has 7 nitrogen and oxygen atoms in total. The van der Waals surface area contributed by atoms with E-state index in [1.54, 1.807) is 6.92 Å². The first-order valence-corrected chi connectivity index (χ1v) is 9.46. The Labute approximate surface area is 148 Å². The Balaban J connectivity index is 1.38. The number of aryl methyl sites for hydroxylation is 1. The van der Waals surface area contributed by atoms with Gasteiger partial charge in [-0.2, -0.15) is 4.98 Å². The number of nitrogens with one attached hydrogen (secondary N) is 1. The molecule has 7 heteroatoms. The molecule has 1 N–H and O–H groups in total. The zero-order valence-electron chi connectivity index (χ0n) is 15.0. The van der Waals surface area contributed by atoms with Crippen molar-refractivity contribution >= 4 is 11.8 Å². The molecule has 2 heterocycles. The topological polar surface area (TPSA) is 88.3 Å². The van der Waals surface area contributed by atoms with Crippen LogP contribution in [0.25, 0.3) is 0 Å². The van der Waals surface area contributed by atoms with Gasteiger partial charge in [-0.1, -0.05) is 24.4 Å². The molecule has 138 valence electrons. The number of aromatic nitrogens is 2. The molecule has 2 aliphatic rings. The van der Waals surface area contributed by atoms with Crippen molar-refractivity contribution in [2.45, 2.75) is 64.8 Å². The SMILES string of the molecule is Cc1noc(CNC(=O)C2CCN(C(=O)CC3CCCCC3)CC2)n1. The molecule has 0 bridgehead atoms. The highest BCUT2D eigenvalue weighted by Gasteiger charge is 2.28. The first kappa shape index (κ1) is 17.9. The lowest BCUT2D eigenvalue weighted by Gasteiger charge is -2.32. The van der Waals surface area contributed by atoms with E-state index in [1.165, 1.54) is 32.1 Å². The predicted octanol–water partition coefficient (Wildman–Crippen LogP) is 2.20. The quantitative estimate of drug-likeness (QED) is 0.881. The summed E-state index contributed by atoms with van der Waals surface area (Å²) in [6, 6.07) is 0. The van der Waals surface area contributed by atoms with E-state index >= 15 is 0 Å². The molecular formula is C18H28N4O3. The van der Waals surface area contributed by atoms with E-state index in [2.05, 4.69) is 15.5 Å². The van der Waals surface area contributed by atoms with Gasteiger partial charge in [0.15, 0.2) is 5.82 Å². The molecule has 1 aromatic rings. The summed E-state index contributed by atoms with van der Waals surface area (Å²) in [7, 11) is 0. The van der Waals surface area contributed by atoms with Gasteiger partial charge in [-0.3, -0.25) is 9.59 Å². The van der Waals surface area contributed by atoms with Crippen LogP contribution in [0.4, 0.5) is 0 Å². The van der Waals surface area contributed by atoms with Crippen LogP contribution in [-0.4, -0.2) is 39.9 Å². The Kier molecular flexibility index (Phi) is 6.04. The average molecular weight is 348 g/mol. The van der Waals surface area contributed by atoms with Crippen LogP contribution in [-0.2, 0) is 16.1 Å². The van der Waals surface area contributed by atoms with E-state index in [-0.39, 0.29) is 24.3 Å². The molecule has 1 aromatic heterocycles. The van der Waals surface area contributed by atoms with Crippen LogP contribution in [0, 0.1) is 18.8 Å². The molecule has 0 atom stereocenters. The summed E-state index contributed by atoms with van der Waals surface area (Å²) in [5.74, 6) is 1.80. The fraction of sp³-hybridized carbons (Fsp3) is 0.778. The maximum Gasteiger partial charge on any atom is 0.246 e. The molecule has 0 unspecified atom stereocenters. The van der Waals surface area contributed by atoms with E-state index < -0.39 is 0 Å². The molecule has 25 heavy (non-hydrogen) atoms. The standard InChI is InChI=1S/C18H28N4O3/c1-13-20-16(25-21-13)12-19-18(24)15-7-9-22(10-8-15)17(23)11-14-5-3-2-4-6-14/h14-15H,2-12H2,1H3,(H,19,24). The molecule has 3 rings (SSSR count). The van der Waals surface area contributed by atoms with E-state index in [0.29, 0.717) is 37.1 Å². The van der Waals surface area contributed by atoms with Gasteiger partial charge >= 0.3 is 0 Å². The first-order valence-electron chi connectivity index (χ1n) is 9.46. The van der Waals surface area contributed by atoms with Gasteiger partial charge in [-0.15, -0.1) is 0 Å². The lowest BCUT2D eigenvalue weighted by molar-refractivity contribution is -0.136. The summed E-state index contributed by atoms with van der Waals surface area (Å²) < 4.78 is 4.99. The third kappa shape index (κ3) is 5.03. The van der Waals surface area contributed by atoms with E-state index in [4.69, 9.17) is 4.52 Å². The average Bonchev–Trinajstić information content (AvgIpc) is 3.06. The molecule has 1 saturated heterocycles. The fourth-order valence-corrected chi connectivity index (χ4v) is 3.88. The van der Waals surface area contributed by atoms with Crippen LogP contribution in [0.1, 0.15) is 63.1 Å². The number of piperidine rings is 1. The number of rotatable bonds is 5. The molecule has 1 aliphatic heterocycles. The van der Waals surface area contributed by atoms with Crippen molar-refractivity contribution in [3.05, 3.63) is 11.7 Å². The number of carbonyl (C=O) groups is 2. The van der Waals surface area contributed by atoms with Crippen LogP contribution in [0.5, 0.6) is 0 Å². The summed E-state index contributed by atoms with van der Waals surface area (Å²) >= 11 is 0. The normalized spacial score (nSPS) is 19.8. The Bertz CT molecular complexity index is 587. The molecule has 1 aliphatic carbocycles. The fourth-order valence-electron chi connectivity index (χ4n) is 3.88. The van der Waals surface area contributed by atoms with E-state index in [1.807, 2.05) is 4.90 Å². The maximum absolute atomic E-state index is 12.5. The minimum absolute atomic E-state index is 0.00947. The third-order valence-electron chi connectivity index (χ3n) is 5.39. The van der Waals surface area contributed by atoms with Crippen molar-refractivity contribution in [1.29, 1.82) is 0 Å². The predicted molar refractivity (Wildman–Crippen MR) is 91.4 cm³/mol. The number of hydrogen-bond acceptors (Lipinski definition) is 5. The smallest absolute Gasteiger partial charge is 0.246 e. The van der Waals surface area contributed by atoms with Crippen molar-refractivity contribution in [3.63, 3.8) is 0 Å². The second-order valence-electron chi connectivity index (χ2n) is 7.32. The van der Waals surface area contributed by atoms with Crippen molar-refractivity contribution in [1.82, 2.24) is 20.4 Å². The largest absolute Gasteiger partial charge is 0.347 e. The molecule has 0 aromatic carbocycles. The van der Waals surface area contributed by atoms with E-state index in [0.717, 1.165) is 12.8 Å². The first-order chi connectivity index (χ1) is 12.1. The molecule has 2 fully saturated rings. The second kappa shape index (κ2) is 8.45. The Morgan fingerprint density at radius 1 is 1.16 bits per heavy atom. The van der Waals surface area contributed by atoms with Gasteiger partial charge in [0.1, 0.15) is 0 Å². The molecule has 0 spiro atoms. The minimum Gasteiger partial charge on any atom is -0.347 e. The summed E-state index contributed by atoms with van der Waals surface area (Å²) in [6.45, 7) is 3.38. The Morgan fingerprint density at radius 3 is 2.52 bits per heavy atom. The lowest BCUT2D eigenvalue weighted by Crippen LogP contribution is -2.43. The number of carbonyl (C=O) groups excluding carboxylic acids is 2. The van der Waals surface area contributed by atoms with E-state index in [9.17, 15) is 9.59 Å². The zero-order valence-corrected chi connectivity index (χ0v) is 15.0. The highest BCUT2D eigenvalue weighted by molar-refractivity contribution is 5.80. The Hall–Kier alpha value is -1.92. The highest BCUT2D eigenvalue weighted by Crippen LogP contribution is 2.27. The molecule has 1 saturated carbocycles. The monoisotopic (exact) mass is 348 g/mol. The van der Waals surface area contributed by atoms with Gasteiger partial charge in [-0.05, 0) is 38.5 Å². The number of amides is 2. The van der Waals surface area contributed by atoms with Gasteiger partial charge < -0.3 is 14.7 Å². The molecule has 2 amide bonds. The minimum atomic E-state index is -0.0391. The lowest BCUT2D eigenvalue weighted by atomic mass is 9.86. The van der Waals surface area contributed by atoms with Crippen LogP contribution < -0.4 is 5.32 Å². The van der Waals surface area contributed by atoms with Crippen molar-refractivity contribution < 1.29 is 14.1 Å². The van der Waals surface area contributed by atoms with Crippen LogP contribution in [0.3, 0.4) is 0 Å². The van der Waals surface area contributed by atoms with Crippen molar-refractivity contribution in [3.8, 4) is 0 Å². The van der Waals surface area contributed by atoms with Gasteiger partial charge in [0.2, 0.25) is 17.7 Å². The summed E-state index contributed by atoms with van der Waals surface area (Å²) in [4.78, 5) is 30.7. The number of hydrogen-bond donors (Lipinski definition) is 1. The van der Waals surface area contributed by atoms with Gasteiger partial charge in [-0.25, -0.2) is 0 Å².